The first-order valence-corrected chi connectivity index (χ1v) is 11.1. The smallest absolute Gasteiger partial charge is 0.245 e. The average molecular weight is 447 g/mol. The number of hydrogen-bond donors (Lipinski definition) is 2. The molecule has 0 aliphatic carbocycles. The van der Waals surface area contributed by atoms with E-state index in [2.05, 4.69) is 5.32 Å². The maximum atomic E-state index is 13.2. The first-order valence-electron chi connectivity index (χ1n) is 11.1. The van der Waals surface area contributed by atoms with Crippen molar-refractivity contribution in [3.63, 3.8) is 0 Å². The number of anilines is 1. The molecule has 9 heteroatoms. The van der Waals surface area contributed by atoms with Crippen LogP contribution in [0, 0.1) is 23.6 Å². The normalized spacial score (nSPS) is 20.5. The highest BCUT2D eigenvalue weighted by Gasteiger charge is 2.38. The van der Waals surface area contributed by atoms with E-state index >= 15 is 0 Å². The first-order chi connectivity index (χ1) is 15.2. The van der Waals surface area contributed by atoms with Crippen molar-refractivity contribution >= 4 is 29.3 Å². The Morgan fingerprint density at radius 2 is 1.75 bits per heavy atom. The number of benzene rings is 1. The molecule has 3 rings (SSSR count). The van der Waals surface area contributed by atoms with Crippen LogP contribution in [0.25, 0.3) is 0 Å². The number of hydrogen-bond acceptors (Lipinski definition) is 4. The van der Waals surface area contributed by atoms with Crippen LogP contribution in [0.15, 0.2) is 24.3 Å². The number of halogens is 1. The third-order valence-electron chi connectivity index (χ3n) is 6.16. The number of carbonyl (C=O) groups is 4. The van der Waals surface area contributed by atoms with E-state index in [4.69, 9.17) is 5.73 Å². The van der Waals surface area contributed by atoms with Crippen LogP contribution in [0.4, 0.5) is 10.1 Å². The molecule has 2 aliphatic rings. The van der Waals surface area contributed by atoms with Gasteiger partial charge in [-0.25, -0.2) is 4.39 Å². The molecule has 0 bridgehead atoms. The van der Waals surface area contributed by atoms with Crippen molar-refractivity contribution in [2.24, 2.45) is 23.5 Å². The summed E-state index contributed by atoms with van der Waals surface area (Å²) in [5.41, 5.74) is 5.91. The number of rotatable bonds is 7. The summed E-state index contributed by atoms with van der Waals surface area (Å²) in [5, 5.41) is 2.86. The van der Waals surface area contributed by atoms with E-state index in [-0.39, 0.29) is 48.4 Å². The molecule has 2 fully saturated rings. The lowest BCUT2D eigenvalue weighted by Crippen LogP contribution is -2.53. The number of likely N-dealkylation sites (tertiary alicyclic amines) is 1. The van der Waals surface area contributed by atoms with Crippen LogP contribution in [0.2, 0.25) is 0 Å². The van der Waals surface area contributed by atoms with E-state index in [1.807, 2.05) is 13.8 Å². The standard InChI is InChI=1S/C23H31FN4O4/c1-14(2)11-19(23(32)27-9-7-15(8-10-27)21(25)30)26-22(31)16-12-20(29)28(13-16)18-5-3-17(24)4-6-18/h3-6,14-16,19H,7-13H2,1-2H3,(H2,25,30)(H,26,31)/t16-,19+/m1/s1. The molecule has 1 aromatic carbocycles. The number of nitrogens with zero attached hydrogens (tertiary/aromatic N) is 2. The van der Waals surface area contributed by atoms with E-state index in [9.17, 15) is 23.6 Å². The molecule has 2 aliphatic heterocycles. The fourth-order valence-electron chi connectivity index (χ4n) is 4.34. The Morgan fingerprint density at radius 1 is 1.12 bits per heavy atom. The van der Waals surface area contributed by atoms with Gasteiger partial charge in [-0.1, -0.05) is 13.8 Å². The van der Waals surface area contributed by atoms with Crippen LogP contribution >= 0.6 is 0 Å². The molecule has 2 heterocycles. The van der Waals surface area contributed by atoms with E-state index in [0.717, 1.165) is 0 Å². The summed E-state index contributed by atoms with van der Waals surface area (Å²) in [7, 11) is 0. The average Bonchev–Trinajstić information content (AvgIpc) is 3.14. The highest BCUT2D eigenvalue weighted by atomic mass is 19.1. The summed E-state index contributed by atoms with van der Waals surface area (Å²) in [5.74, 6) is -2.10. The predicted octanol–water partition coefficient (Wildman–Crippen LogP) is 1.43. The maximum Gasteiger partial charge on any atom is 0.245 e. The summed E-state index contributed by atoms with van der Waals surface area (Å²) >= 11 is 0. The minimum atomic E-state index is -0.692. The molecular formula is C23H31FN4O4. The van der Waals surface area contributed by atoms with Gasteiger partial charge in [-0.05, 0) is 49.4 Å². The summed E-state index contributed by atoms with van der Waals surface area (Å²) in [4.78, 5) is 53.1. The molecule has 1 aromatic rings. The van der Waals surface area contributed by atoms with Gasteiger partial charge in [0.1, 0.15) is 11.9 Å². The van der Waals surface area contributed by atoms with Gasteiger partial charge >= 0.3 is 0 Å². The van der Waals surface area contributed by atoms with Crippen molar-refractivity contribution < 1.29 is 23.6 Å². The molecule has 8 nitrogen and oxygen atoms in total. The van der Waals surface area contributed by atoms with Crippen molar-refractivity contribution in [3.05, 3.63) is 30.1 Å². The van der Waals surface area contributed by atoms with Crippen LogP contribution in [0.5, 0.6) is 0 Å². The molecule has 0 aromatic heterocycles. The van der Waals surface area contributed by atoms with Crippen LogP contribution in [0.3, 0.4) is 0 Å². The van der Waals surface area contributed by atoms with Crippen LogP contribution in [-0.4, -0.2) is 54.2 Å². The number of primary amides is 1. The van der Waals surface area contributed by atoms with Gasteiger partial charge in [-0.2, -0.15) is 0 Å². The maximum absolute atomic E-state index is 13.2. The fourth-order valence-corrected chi connectivity index (χ4v) is 4.34. The molecule has 0 spiro atoms. The van der Waals surface area contributed by atoms with Crippen LogP contribution < -0.4 is 16.0 Å². The van der Waals surface area contributed by atoms with Gasteiger partial charge in [0.2, 0.25) is 23.6 Å². The van der Waals surface area contributed by atoms with Gasteiger partial charge in [-0.3, -0.25) is 19.2 Å². The second kappa shape index (κ2) is 10.1. The fraction of sp³-hybridized carbons (Fsp3) is 0.565. The van der Waals surface area contributed by atoms with E-state index in [1.165, 1.54) is 29.2 Å². The van der Waals surface area contributed by atoms with Crippen LogP contribution in [0.1, 0.15) is 39.5 Å². The minimum Gasteiger partial charge on any atom is -0.369 e. The summed E-state index contributed by atoms with van der Waals surface area (Å²) < 4.78 is 13.2. The van der Waals surface area contributed by atoms with Gasteiger partial charge in [0.05, 0.1) is 5.92 Å². The summed E-state index contributed by atoms with van der Waals surface area (Å²) in [6, 6.07) is 4.87. The number of piperidine rings is 1. The lowest BCUT2D eigenvalue weighted by molar-refractivity contribution is -0.140. The van der Waals surface area contributed by atoms with E-state index < -0.39 is 17.8 Å². The molecule has 174 valence electrons. The number of amides is 4. The van der Waals surface area contributed by atoms with Crippen LogP contribution in [-0.2, 0) is 19.2 Å². The number of nitrogens with one attached hydrogen (secondary N) is 1. The van der Waals surface area contributed by atoms with Crippen molar-refractivity contribution in [2.45, 2.75) is 45.6 Å². The Kier molecular flexibility index (Phi) is 7.48. The van der Waals surface area contributed by atoms with Crippen molar-refractivity contribution in [2.75, 3.05) is 24.5 Å². The number of nitrogens with two attached hydrogens (primary N) is 1. The van der Waals surface area contributed by atoms with Gasteiger partial charge in [-0.15, -0.1) is 0 Å². The first kappa shape index (κ1) is 23.7. The zero-order valence-electron chi connectivity index (χ0n) is 18.6. The molecule has 32 heavy (non-hydrogen) atoms. The minimum absolute atomic E-state index is 0.0375. The molecule has 0 saturated carbocycles. The Morgan fingerprint density at radius 3 is 2.31 bits per heavy atom. The molecular weight excluding hydrogens is 415 g/mol. The summed E-state index contributed by atoms with van der Waals surface area (Å²) in [6.45, 7) is 4.99. The Labute approximate surface area is 187 Å². The second-order valence-corrected chi connectivity index (χ2v) is 9.07. The zero-order valence-corrected chi connectivity index (χ0v) is 18.6. The number of carbonyl (C=O) groups excluding carboxylic acids is 4. The van der Waals surface area contributed by atoms with E-state index in [0.29, 0.717) is 38.0 Å². The molecule has 0 unspecified atom stereocenters. The van der Waals surface area contributed by atoms with Gasteiger partial charge in [0, 0.05) is 37.7 Å². The molecule has 2 atom stereocenters. The lowest BCUT2D eigenvalue weighted by atomic mass is 9.94. The Balaban J connectivity index is 1.63. The van der Waals surface area contributed by atoms with Gasteiger partial charge < -0.3 is 20.9 Å². The van der Waals surface area contributed by atoms with E-state index in [1.54, 1.807) is 4.90 Å². The molecule has 4 amide bonds. The topological polar surface area (TPSA) is 113 Å². The van der Waals surface area contributed by atoms with Crippen molar-refractivity contribution in [1.29, 1.82) is 0 Å². The SMILES string of the molecule is CC(C)C[C@H](NC(=O)[C@@H]1CC(=O)N(c2ccc(F)cc2)C1)C(=O)N1CCC(C(N)=O)CC1. The summed E-state index contributed by atoms with van der Waals surface area (Å²) in [6.07, 6.45) is 1.55. The largest absolute Gasteiger partial charge is 0.369 e. The second-order valence-electron chi connectivity index (χ2n) is 9.07. The third-order valence-corrected chi connectivity index (χ3v) is 6.16. The monoisotopic (exact) mass is 446 g/mol. The highest BCUT2D eigenvalue weighted by molar-refractivity contribution is 6.01. The highest BCUT2D eigenvalue weighted by Crippen LogP contribution is 2.26. The quantitative estimate of drug-likeness (QED) is 0.660. The Hall–Kier alpha value is -2.97. The van der Waals surface area contributed by atoms with Gasteiger partial charge in [0.25, 0.3) is 0 Å². The molecule has 2 saturated heterocycles. The lowest BCUT2D eigenvalue weighted by Gasteiger charge is -2.34. The van der Waals surface area contributed by atoms with Crippen molar-refractivity contribution in [1.82, 2.24) is 10.2 Å². The van der Waals surface area contributed by atoms with Gasteiger partial charge in [0.15, 0.2) is 0 Å². The van der Waals surface area contributed by atoms with Crippen molar-refractivity contribution in [3.8, 4) is 0 Å². The predicted molar refractivity (Wildman–Crippen MR) is 117 cm³/mol. The third kappa shape index (κ3) is 5.63. The molecule has 0 radical (unpaired) electrons. The Bertz CT molecular complexity index is 865. The molecule has 3 N–H and O–H groups in total. The zero-order chi connectivity index (χ0) is 23.4.